The number of amides is 1. The minimum absolute atomic E-state index is 0.185. The van der Waals surface area contributed by atoms with E-state index in [1.165, 1.54) is 0 Å². The van der Waals surface area contributed by atoms with Crippen molar-refractivity contribution in [3.8, 4) is 0 Å². The molecule has 5 nitrogen and oxygen atoms in total. The van der Waals surface area contributed by atoms with Crippen LogP contribution in [0.3, 0.4) is 0 Å². The Morgan fingerprint density at radius 2 is 1.71 bits per heavy atom. The molecule has 0 spiro atoms. The number of piperidine rings is 2. The molecule has 1 amide bonds. The summed E-state index contributed by atoms with van der Waals surface area (Å²) in [7, 11) is 1.81. The molecule has 5 heteroatoms. The minimum Gasteiger partial charge on any atom is -0.445 e. The van der Waals surface area contributed by atoms with Crippen LogP contribution in [0.5, 0.6) is 0 Å². The van der Waals surface area contributed by atoms with E-state index in [-0.39, 0.29) is 6.09 Å². The first-order valence-electron chi connectivity index (χ1n) is 8.98. The van der Waals surface area contributed by atoms with Crippen LogP contribution in [0.25, 0.3) is 0 Å². The molecule has 0 aromatic heterocycles. The maximum Gasteiger partial charge on any atom is 0.410 e. The fourth-order valence-corrected chi connectivity index (χ4v) is 3.70. The van der Waals surface area contributed by atoms with E-state index in [1.807, 2.05) is 35.2 Å². The average molecular weight is 332 g/mol. The van der Waals surface area contributed by atoms with Crippen molar-refractivity contribution in [2.24, 2.45) is 0 Å². The normalized spacial score (nSPS) is 21.0. The Morgan fingerprint density at radius 1 is 1.04 bits per heavy atom. The van der Waals surface area contributed by atoms with E-state index < -0.39 is 0 Å². The lowest BCUT2D eigenvalue weighted by Gasteiger charge is -2.41. The number of hydrogen-bond donors (Lipinski definition) is 0. The van der Waals surface area contributed by atoms with Gasteiger partial charge < -0.3 is 19.3 Å². The molecular weight excluding hydrogens is 304 g/mol. The number of rotatable bonds is 4. The third kappa shape index (κ3) is 4.48. The first kappa shape index (κ1) is 17.2. The molecule has 0 radical (unpaired) electrons. The van der Waals surface area contributed by atoms with Crippen molar-refractivity contribution in [3.63, 3.8) is 0 Å². The summed E-state index contributed by atoms with van der Waals surface area (Å²) in [5, 5.41) is 0. The Labute approximate surface area is 144 Å². The number of carbonyl (C=O) groups excluding carboxylic acids is 1. The highest BCUT2D eigenvalue weighted by Gasteiger charge is 2.30. The van der Waals surface area contributed by atoms with Crippen LogP contribution in [0, 0.1) is 0 Å². The Kier molecular flexibility index (Phi) is 6.10. The van der Waals surface area contributed by atoms with Crippen molar-refractivity contribution in [1.82, 2.24) is 9.80 Å². The fraction of sp³-hybridized carbons (Fsp3) is 0.632. The average Bonchev–Trinajstić information content (AvgIpc) is 2.67. The first-order valence-corrected chi connectivity index (χ1v) is 8.98. The molecule has 2 saturated heterocycles. The molecule has 2 aliphatic rings. The molecule has 3 rings (SSSR count). The van der Waals surface area contributed by atoms with Crippen LogP contribution in [-0.4, -0.2) is 61.3 Å². The highest BCUT2D eigenvalue weighted by atomic mass is 16.6. The zero-order valence-corrected chi connectivity index (χ0v) is 14.5. The largest absolute Gasteiger partial charge is 0.445 e. The summed E-state index contributed by atoms with van der Waals surface area (Å²) in [4.78, 5) is 16.6. The van der Waals surface area contributed by atoms with Crippen molar-refractivity contribution in [1.29, 1.82) is 0 Å². The van der Waals surface area contributed by atoms with Crippen LogP contribution in [0.4, 0.5) is 4.79 Å². The molecule has 0 bridgehead atoms. The van der Waals surface area contributed by atoms with Gasteiger partial charge in [0.25, 0.3) is 0 Å². The summed E-state index contributed by atoms with van der Waals surface area (Å²) in [5.41, 5.74) is 1.03. The molecule has 132 valence electrons. The van der Waals surface area contributed by atoms with Crippen molar-refractivity contribution >= 4 is 6.09 Å². The Bertz CT molecular complexity index is 507. The van der Waals surface area contributed by atoms with Gasteiger partial charge in [-0.2, -0.15) is 0 Å². The van der Waals surface area contributed by atoms with E-state index in [0.29, 0.717) is 18.8 Å². The van der Waals surface area contributed by atoms with E-state index in [2.05, 4.69) is 4.90 Å². The smallest absolute Gasteiger partial charge is 0.410 e. The molecule has 0 saturated carbocycles. The summed E-state index contributed by atoms with van der Waals surface area (Å²) in [6.07, 6.45) is 4.56. The summed E-state index contributed by atoms with van der Waals surface area (Å²) < 4.78 is 10.9. The third-order valence-electron chi connectivity index (χ3n) is 5.25. The number of benzene rings is 1. The highest BCUT2D eigenvalue weighted by molar-refractivity contribution is 5.67. The number of methoxy groups -OCH3 is 1. The van der Waals surface area contributed by atoms with Crippen LogP contribution in [0.15, 0.2) is 30.3 Å². The van der Waals surface area contributed by atoms with E-state index in [4.69, 9.17) is 9.47 Å². The van der Waals surface area contributed by atoms with Crippen LogP contribution < -0.4 is 0 Å². The van der Waals surface area contributed by atoms with Gasteiger partial charge in [0.05, 0.1) is 6.10 Å². The van der Waals surface area contributed by atoms with Gasteiger partial charge in [0.2, 0.25) is 0 Å². The summed E-state index contributed by atoms with van der Waals surface area (Å²) in [6, 6.07) is 10.4. The van der Waals surface area contributed by atoms with Crippen molar-refractivity contribution in [2.75, 3.05) is 33.3 Å². The second kappa shape index (κ2) is 8.49. The molecule has 0 N–H and O–H groups in total. The number of carbonyl (C=O) groups is 1. The molecule has 1 aromatic rings. The number of hydrogen-bond acceptors (Lipinski definition) is 4. The first-order chi connectivity index (χ1) is 11.8. The highest BCUT2D eigenvalue weighted by Crippen LogP contribution is 2.22. The molecule has 2 fully saturated rings. The van der Waals surface area contributed by atoms with Crippen LogP contribution in [-0.2, 0) is 16.1 Å². The van der Waals surface area contributed by atoms with Crippen molar-refractivity contribution in [3.05, 3.63) is 35.9 Å². The molecule has 24 heavy (non-hydrogen) atoms. The number of likely N-dealkylation sites (tertiary alicyclic amines) is 2. The standard InChI is InChI=1S/C19H28N2O3/c1-23-18-9-13-20(14-10-18)17-7-11-21(12-8-17)19(22)24-15-16-5-3-2-4-6-16/h2-6,17-18H,7-15H2,1H3. The number of ether oxygens (including phenoxy) is 2. The molecule has 0 atom stereocenters. The van der Waals surface area contributed by atoms with Gasteiger partial charge in [-0.1, -0.05) is 30.3 Å². The topological polar surface area (TPSA) is 42.0 Å². The van der Waals surface area contributed by atoms with E-state index in [1.54, 1.807) is 7.11 Å². The predicted octanol–water partition coefficient (Wildman–Crippen LogP) is 2.90. The number of nitrogens with zero attached hydrogens (tertiary/aromatic N) is 2. The second-order valence-corrected chi connectivity index (χ2v) is 6.73. The van der Waals surface area contributed by atoms with E-state index >= 15 is 0 Å². The molecule has 0 aliphatic carbocycles. The van der Waals surface area contributed by atoms with Gasteiger partial charge in [-0.25, -0.2) is 4.79 Å². The summed E-state index contributed by atoms with van der Waals surface area (Å²) in [5.74, 6) is 0. The van der Waals surface area contributed by atoms with Crippen molar-refractivity contribution < 1.29 is 14.3 Å². The molecule has 2 aliphatic heterocycles. The van der Waals surface area contributed by atoms with Gasteiger partial charge >= 0.3 is 6.09 Å². The van der Waals surface area contributed by atoms with Gasteiger partial charge in [-0.05, 0) is 31.2 Å². The van der Waals surface area contributed by atoms with Crippen LogP contribution in [0.2, 0.25) is 0 Å². The summed E-state index contributed by atoms with van der Waals surface area (Å²) >= 11 is 0. The SMILES string of the molecule is COC1CCN(C2CCN(C(=O)OCc3ccccc3)CC2)CC1. The van der Waals surface area contributed by atoms with Gasteiger partial charge in [0.15, 0.2) is 0 Å². The van der Waals surface area contributed by atoms with Gasteiger partial charge in [-0.15, -0.1) is 0 Å². The summed E-state index contributed by atoms with van der Waals surface area (Å²) in [6.45, 7) is 4.17. The lowest BCUT2D eigenvalue weighted by atomic mass is 9.99. The van der Waals surface area contributed by atoms with E-state index in [0.717, 1.165) is 57.4 Å². The predicted molar refractivity (Wildman–Crippen MR) is 92.8 cm³/mol. The Morgan fingerprint density at radius 3 is 2.33 bits per heavy atom. The van der Waals surface area contributed by atoms with Crippen LogP contribution in [0.1, 0.15) is 31.2 Å². The van der Waals surface area contributed by atoms with Gasteiger partial charge in [-0.3, -0.25) is 0 Å². The van der Waals surface area contributed by atoms with Gasteiger partial charge in [0.1, 0.15) is 6.61 Å². The maximum absolute atomic E-state index is 12.2. The maximum atomic E-state index is 12.2. The molecule has 2 heterocycles. The molecule has 1 aromatic carbocycles. The zero-order valence-electron chi connectivity index (χ0n) is 14.5. The second-order valence-electron chi connectivity index (χ2n) is 6.73. The molecular formula is C19H28N2O3. The van der Waals surface area contributed by atoms with Crippen LogP contribution >= 0.6 is 0 Å². The Balaban J connectivity index is 1.39. The fourth-order valence-electron chi connectivity index (χ4n) is 3.70. The monoisotopic (exact) mass is 332 g/mol. The van der Waals surface area contributed by atoms with Gasteiger partial charge in [0, 0.05) is 39.3 Å². The quantitative estimate of drug-likeness (QED) is 0.850. The van der Waals surface area contributed by atoms with E-state index in [9.17, 15) is 4.79 Å². The third-order valence-corrected chi connectivity index (χ3v) is 5.25. The zero-order chi connectivity index (χ0) is 16.8. The molecule has 0 unspecified atom stereocenters. The minimum atomic E-state index is -0.185. The van der Waals surface area contributed by atoms with Crippen molar-refractivity contribution in [2.45, 2.75) is 44.4 Å². The lowest BCUT2D eigenvalue weighted by molar-refractivity contribution is 0.0130. The Hall–Kier alpha value is -1.59. The lowest BCUT2D eigenvalue weighted by Crippen LogP contribution is -2.49.